The van der Waals surface area contributed by atoms with Crippen molar-refractivity contribution in [3.05, 3.63) is 34.9 Å². The van der Waals surface area contributed by atoms with Crippen LogP contribution in [0.5, 0.6) is 0 Å². The molecule has 102 valence electrons. The maximum Gasteiger partial charge on any atom is 0.306 e. The van der Waals surface area contributed by atoms with E-state index in [1.807, 2.05) is 26.0 Å². The molecule has 1 aliphatic carbocycles. The fourth-order valence-corrected chi connectivity index (χ4v) is 2.70. The molecule has 0 aromatic heterocycles. The van der Waals surface area contributed by atoms with Gasteiger partial charge in [0, 0.05) is 11.0 Å². The molecular formula is C16H20O3. The number of hydrogen-bond donors (Lipinski definition) is 0. The zero-order valence-corrected chi connectivity index (χ0v) is 11.8. The van der Waals surface area contributed by atoms with Crippen molar-refractivity contribution in [2.75, 3.05) is 6.61 Å². The minimum atomic E-state index is -0.617. The molecule has 1 aromatic rings. The highest BCUT2D eigenvalue weighted by Gasteiger charge is 2.40. The molecular weight excluding hydrogens is 240 g/mol. The summed E-state index contributed by atoms with van der Waals surface area (Å²) in [5, 5.41) is 0. The topological polar surface area (TPSA) is 43.4 Å². The molecule has 0 fully saturated rings. The molecule has 1 aromatic carbocycles. The molecule has 0 saturated heterocycles. The van der Waals surface area contributed by atoms with Crippen LogP contribution < -0.4 is 0 Å². The van der Waals surface area contributed by atoms with Crippen LogP contribution in [-0.2, 0) is 16.0 Å². The van der Waals surface area contributed by atoms with Crippen molar-refractivity contribution in [1.82, 2.24) is 0 Å². The van der Waals surface area contributed by atoms with E-state index in [-0.39, 0.29) is 18.2 Å². The van der Waals surface area contributed by atoms with E-state index in [1.54, 1.807) is 6.92 Å². The standard InChI is InChI=1S/C16H20O3/c1-4-19-14(17)10-16(3)8-7-12-9-11(2)5-6-13(12)15(16)18/h5-6,9H,4,7-8,10H2,1-3H3. The van der Waals surface area contributed by atoms with Gasteiger partial charge in [0.1, 0.15) is 0 Å². The van der Waals surface area contributed by atoms with Gasteiger partial charge in [0.25, 0.3) is 0 Å². The molecule has 0 amide bonds. The predicted molar refractivity (Wildman–Crippen MR) is 73.2 cm³/mol. The van der Waals surface area contributed by atoms with Crippen LogP contribution in [0.15, 0.2) is 18.2 Å². The molecule has 0 aliphatic heterocycles. The highest BCUT2D eigenvalue weighted by Crippen LogP contribution is 2.38. The number of ether oxygens (including phenoxy) is 1. The van der Waals surface area contributed by atoms with Crippen molar-refractivity contribution >= 4 is 11.8 Å². The fraction of sp³-hybridized carbons (Fsp3) is 0.500. The van der Waals surface area contributed by atoms with Gasteiger partial charge in [-0.2, -0.15) is 0 Å². The molecule has 0 spiro atoms. The molecule has 3 nitrogen and oxygen atoms in total. The number of esters is 1. The zero-order valence-electron chi connectivity index (χ0n) is 11.8. The smallest absolute Gasteiger partial charge is 0.306 e. The number of carbonyl (C=O) groups is 2. The lowest BCUT2D eigenvalue weighted by atomic mass is 9.70. The van der Waals surface area contributed by atoms with E-state index in [0.29, 0.717) is 13.0 Å². The summed E-state index contributed by atoms with van der Waals surface area (Å²) in [6, 6.07) is 5.90. The van der Waals surface area contributed by atoms with Crippen molar-refractivity contribution < 1.29 is 14.3 Å². The predicted octanol–water partition coefficient (Wildman–Crippen LogP) is 3.08. The quantitative estimate of drug-likeness (QED) is 0.784. The SMILES string of the molecule is CCOC(=O)CC1(C)CCc2cc(C)ccc2C1=O. The van der Waals surface area contributed by atoms with Gasteiger partial charge in [-0.3, -0.25) is 9.59 Å². The summed E-state index contributed by atoms with van der Waals surface area (Å²) < 4.78 is 4.97. The Morgan fingerprint density at radius 3 is 2.84 bits per heavy atom. The number of rotatable bonds is 3. The summed E-state index contributed by atoms with van der Waals surface area (Å²) in [7, 11) is 0. The van der Waals surface area contributed by atoms with Gasteiger partial charge >= 0.3 is 5.97 Å². The van der Waals surface area contributed by atoms with Crippen LogP contribution in [0.25, 0.3) is 0 Å². The number of carbonyl (C=O) groups excluding carboxylic acids is 2. The van der Waals surface area contributed by atoms with Gasteiger partial charge in [-0.15, -0.1) is 0 Å². The van der Waals surface area contributed by atoms with Crippen LogP contribution in [0.1, 0.15) is 48.2 Å². The van der Waals surface area contributed by atoms with Crippen LogP contribution in [0.2, 0.25) is 0 Å². The van der Waals surface area contributed by atoms with Crippen LogP contribution in [-0.4, -0.2) is 18.4 Å². The molecule has 0 N–H and O–H groups in total. The number of hydrogen-bond acceptors (Lipinski definition) is 3. The summed E-state index contributed by atoms with van der Waals surface area (Å²) >= 11 is 0. The summed E-state index contributed by atoms with van der Waals surface area (Å²) in [4.78, 5) is 24.2. The van der Waals surface area contributed by atoms with Crippen LogP contribution in [0, 0.1) is 12.3 Å². The Morgan fingerprint density at radius 2 is 2.16 bits per heavy atom. The van der Waals surface area contributed by atoms with Crippen molar-refractivity contribution in [1.29, 1.82) is 0 Å². The van der Waals surface area contributed by atoms with E-state index in [9.17, 15) is 9.59 Å². The Hall–Kier alpha value is -1.64. The average Bonchev–Trinajstić information content (AvgIpc) is 2.35. The van der Waals surface area contributed by atoms with Crippen molar-refractivity contribution in [3.8, 4) is 0 Å². The first-order valence-electron chi connectivity index (χ1n) is 6.76. The van der Waals surface area contributed by atoms with Gasteiger partial charge in [-0.05, 0) is 32.3 Å². The van der Waals surface area contributed by atoms with E-state index < -0.39 is 5.41 Å². The molecule has 1 atom stereocenters. The highest BCUT2D eigenvalue weighted by molar-refractivity contribution is 6.04. The third-order valence-electron chi connectivity index (χ3n) is 3.84. The first-order chi connectivity index (χ1) is 8.96. The molecule has 3 heteroatoms. The average molecular weight is 260 g/mol. The second-order valence-corrected chi connectivity index (χ2v) is 5.53. The van der Waals surface area contributed by atoms with E-state index in [0.717, 1.165) is 17.5 Å². The first kappa shape index (κ1) is 13.8. The Kier molecular flexibility index (Phi) is 3.74. The number of aryl methyl sites for hydroxylation is 2. The molecule has 2 rings (SSSR count). The third-order valence-corrected chi connectivity index (χ3v) is 3.84. The normalized spacial score (nSPS) is 21.9. The maximum atomic E-state index is 12.6. The Morgan fingerprint density at radius 1 is 1.42 bits per heavy atom. The van der Waals surface area contributed by atoms with Crippen LogP contribution in [0.4, 0.5) is 0 Å². The summed E-state index contributed by atoms with van der Waals surface area (Å²) in [6.45, 7) is 6.03. The maximum absolute atomic E-state index is 12.6. The van der Waals surface area contributed by atoms with Crippen LogP contribution >= 0.6 is 0 Å². The molecule has 0 bridgehead atoms. The highest BCUT2D eigenvalue weighted by atomic mass is 16.5. The molecule has 19 heavy (non-hydrogen) atoms. The molecule has 1 aliphatic rings. The minimum absolute atomic E-state index is 0.0711. The lowest BCUT2D eigenvalue weighted by Gasteiger charge is -2.32. The lowest BCUT2D eigenvalue weighted by molar-refractivity contribution is -0.145. The third kappa shape index (κ3) is 2.70. The second kappa shape index (κ2) is 5.16. The van der Waals surface area contributed by atoms with Gasteiger partial charge < -0.3 is 4.74 Å². The van der Waals surface area contributed by atoms with Crippen molar-refractivity contribution in [2.24, 2.45) is 5.41 Å². The largest absolute Gasteiger partial charge is 0.466 e. The van der Waals surface area contributed by atoms with Crippen LogP contribution in [0.3, 0.4) is 0 Å². The lowest BCUT2D eigenvalue weighted by Crippen LogP contribution is -2.36. The second-order valence-electron chi connectivity index (χ2n) is 5.53. The summed E-state index contributed by atoms with van der Waals surface area (Å²) in [6.07, 6.45) is 1.73. The first-order valence-corrected chi connectivity index (χ1v) is 6.76. The number of fused-ring (bicyclic) bond motifs is 1. The van der Waals surface area contributed by atoms with Gasteiger partial charge in [-0.1, -0.05) is 30.7 Å². The van der Waals surface area contributed by atoms with E-state index in [2.05, 4.69) is 6.07 Å². The summed E-state index contributed by atoms with van der Waals surface area (Å²) in [5.74, 6) is -0.212. The van der Waals surface area contributed by atoms with E-state index >= 15 is 0 Å². The monoisotopic (exact) mass is 260 g/mol. The zero-order chi connectivity index (χ0) is 14.0. The summed E-state index contributed by atoms with van der Waals surface area (Å²) in [5.41, 5.74) is 2.42. The molecule has 0 heterocycles. The van der Waals surface area contributed by atoms with Crippen molar-refractivity contribution in [2.45, 2.75) is 40.0 Å². The number of Topliss-reactive ketones (excluding diaryl/α,β-unsaturated/α-hetero) is 1. The van der Waals surface area contributed by atoms with E-state index in [1.165, 1.54) is 5.56 Å². The Labute approximate surface area is 114 Å². The number of ketones is 1. The molecule has 0 radical (unpaired) electrons. The van der Waals surface area contributed by atoms with Gasteiger partial charge in [0.15, 0.2) is 5.78 Å². The Bertz CT molecular complexity index is 519. The Balaban J connectivity index is 2.25. The number of benzene rings is 1. The van der Waals surface area contributed by atoms with Gasteiger partial charge in [0.05, 0.1) is 13.0 Å². The minimum Gasteiger partial charge on any atom is -0.466 e. The van der Waals surface area contributed by atoms with E-state index in [4.69, 9.17) is 4.74 Å². The van der Waals surface area contributed by atoms with Gasteiger partial charge in [0.2, 0.25) is 0 Å². The fourth-order valence-electron chi connectivity index (χ4n) is 2.70. The van der Waals surface area contributed by atoms with Crippen molar-refractivity contribution in [3.63, 3.8) is 0 Å². The molecule has 1 unspecified atom stereocenters. The van der Waals surface area contributed by atoms with Gasteiger partial charge in [-0.25, -0.2) is 0 Å². The molecule has 0 saturated carbocycles.